The molecule has 6 nitrogen and oxygen atoms in total. The van der Waals surface area contributed by atoms with Crippen molar-refractivity contribution in [1.82, 2.24) is 5.32 Å². The molecule has 0 rings (SSSR count). The van der Waals surface area contributed by atoms with E-state index in [0.29, 0.717) is 6.42 Å². The van der Waals surface area contributed by atoms with Crippen molar-refractivity contribution >= 4 is 16.0 Å². The molecule has 1 amide bonds. The van der Waals surface area contributed by atoms with Crippen molar-refractivity contribution in [2.75, 3.05) is 5.75 Å². The number of hydrogen-bond acceptors (Lipinski definition) is 4. The van der Waals surface area contributed by atoms with Gasteiger partial charge in [0.25, 0.3) is 10.1 Å². The number of aliphatic hydroxyl groups is 1. The molecular weight excluding hydrogens is 558 g/mol. The zero-order valence-electron chi connectivity index (χ0n) is 27.3. The first kappa shape index (κ1) is 41.0. The number of nitrogens with one attached hydrogen (secondary N) is 1. The highest BCUT2D eigenvalue weighted by Gasteiger charge is 2.24. The lowest BCUT2D eigenvalue weighted by molar-refractivity contribution is -0.122. The molecule has 2 unspecified atom stereocenters. The number of carbonyl (C=O) groups excluding carboxylic acids is 1. The molecule has 248 valence electrons. The van der Waals surface area contributed by atoms with Crippen molar-refractivity contribution in [1.29, 1.82) is 0 Å². The van der Waals surface area contributed by atoms with Crippen molar-refractivity contribution in [2.45, 2.75) is 154 Å². The summed E-state index contributed by atoms with van der Waals surface area (Å²) in [5.74, 6) is -1.02. The Kier molecular flexibility index (Phi) is 28.7. The molecule has 43 heavy (non-hydrogen) atoms. The minimum absolute atomic E-state index is 0.276. The highest BCUT2D eigenvalue weighted by molar-refractivity contribution is 7.85. The normalized spacial score (nSPS) is 14.2. The van der Waals surface area contributed by atoms with Crippen LogP contribution in [0.15, 0.2) is 60.8 Å². The van der Waals surface area contributed by atoms with Gasteiger partial charge in [0.15, 0.2) is 0 Å². The Morgan fingerprint density at radius 2 is 1.16 bits per heavy atom. The van der Waals surface area contributed by atoms with Gasteiger partial charge in [-0.1, -0.05) is 125 Å². The third kappa shape index (κ3) is 31.3. The zero-order chi connectivity index (χ0) is 31.9. The highest BCUT2D eigenvalue weighted by atomic mass is 32.2. The van der Waals surface area contributed by atoms with Crippen molar-refractivity contribution in [3.05, 3.63) is 60.8 Å². The van der Waals surface area contributed by atoms with Crippen LogP contribution in [-0.4, -0.2) is 41.9 Å². The first-order valence-electron chi connectivity index (χ1n) is 17.0. The minimum Gasteiger partial charge on any atom is -0.387 e. The van der Waals surface area contributed by atoms with Gasteiger partial charge >= 0.3 is 0 Å². The molecule has 0 heterocycles. The van der Waals surface area contributed by atoms with Crippen molar-refractivity contribution in [3.8, 4) is 0 Å². The highest BCUT2D eigenvalue weighted by Crippen LogP contribution is 2.12. The third-order valence-corrected chi connectivity index (χ3v) is 8.02. The van der Waals surface area contributed by atoms with Gasteiger partial charge in [0.05, 0.1) is 17.9 Å². The summed E-state index contributed by atoms with van der Waals surface area (Å²) in [6.45, 7) is 4.23. The number of allylic oxidation sites excluding steroid dienone is 9. The first-order chi connectivity index (χ1) is 20.8. The van der Waals surface area contributed by atoms with Gasteiger partial charge in [-0.2, -0.15) is 8.42 Å². The second kappa shape index (κ2) is 30.1. The Bertz CT molecular complexity index is 905. The van der Waals surface area contributed by atoms with Gasteiger partial charge < -0.3 is 10.4 Å². The number of rotatable bonds is 29. The maximum atomic E-state index is 12.4. The van der Waals surface area contributed by atoms with Crippen molar-refractivity contribution in [3.63, 3.8) is 0 Å². The molecule has 0 aromatic heterocycles. The van der Waals surface area contributed by atoms with Crippen LogP contribution in [0, 0.1) is 0 Å². The van der Waals surface area contributed by atoms with E-state index in [-0.39, 0.29) is 12.3 Å². The van der Waals surface area contributed by atoms with Crippen LogP contribution in [0.25, 0.3) is 0 Å². The van der Waals surface area contributed by atoms with Crippen LogP contribution in [-0.2, 0) is 14.9 Å². The molecule has 7 heteroatoms. The first-order valence-corrected chi connectivity index (χ1v) is 18.6. The standard InChI is InChI=1S/C36H63NO5S/c1-3-5-7-9-11-13-14-15-16-17-18-19-20-21-22-24-26-28-30-32-36(39)37-34(33-43(40,41)42)35(38)31-29-27-25-23-12-10-8-6-4-2/h4,6,11-13,15-16,23,29,31,34-35,38H,3,5,7-10,14,17-22,24-28,30,32-33H2,1-2H3,(H,37,39)(H,40,41,42)/b6-4+,13-11-,16-15-,23-12+,31-29+. The molecule has 2 atom stereocenters. The quantitative estimate of drug-likeness (QED) is 0.0439. The Morgan fingerprint density at radius 1 is 0.674 bits per heavy atom. The molecule has 0 aliphatic carbocycles. The monoisotopic (exact) mass is 621 g/mol. The molecular formula is C36H63NO5S. The second-order valence-electron chi connectivity index (χ2n) is 11.4. The summed E-state index contributed by atoms with van der Waals surface area (Å²) in [4.78, 5) is 12.4. The summed E-state index contributed by atoms with van der Waals surface area (Å²) in [5, 5.41) is 13.1. The molecule has 0 saturated heterocycles. The molecule has 0 saturated carbocycles. The van der Waals surface area contributed by atoms with E-state index in [1.54, 1.807) is 6.08 Å². The van der Waals surface area contributed by atoms with E-state index in [9.17, 15) is 22.9 Å². The summed E-state index contributed by atoms with van der Waals surface area (Å²) in [6.07, 6.45) is 40.8. The molecule has 0 fully saturated rings. The van der Waals surface area contributed by atoms with Crippen molar-refractivity contribution < 1.29 is 22.9 Å². The van der Waals surface area contributed by atoms with Crippen LogP contribution in [0.5, 0.6) is 0 Å². The number of hydrogen-bond donors (Lipinski definition) is 3. The Hall–Kier alpha value is -1.96. The van der Waals surface area contributed by atoms with E-state index >= 15 is 0 Å². The molecule has 0 aromatic carbocycles. The SMILES string of the molecule is C/C=C/CC/C=C/CC/C=C/C(O)C(CS(=O)(=O)O)NC(=O)CCCCCCCCCCC/C=C\C/C=C\CCCCC. The van der Waals surface area contributed by atoms with Crippen LogP contribution in [0.4, 0.5) is 0 Å². The Balaban J connectivity index is 3.98. The van der Waals surface area contributed by atoms with Crippen LogP contribution >= 0.6 is 0 Å². The van der Waals surface area contributed by atoms with E-state index in [4.69, 9.17) is 0 Å². The lowest BCUT2D eigenvalue weighted by Gasteiger charge is -2.21. The van der Waals surface area contributed by atoms with Crippen LogP contribution in [0.2, 0.25) is 0 Å². The third-order valence-electron chi connectivity index (χ3n) is 7.24. The summed E-state index contributed by atoms with van der Waals surface area (Å²) >= 11 is 0. The van der Waals surface area contributed by atoms with Gasteiger partial charge in [-0.05, 0) is 71.1 Å². The van der Waals surface area contributed by atoms with Crippen molar-refractivity contribution in [2.24, 2.45) is 0 Å². The van der Waals surface area contributed by atoms with Gasteiger partial charge in [-0.15, -0.1) is 0 Å². The molecule has 0 aliphatic heterocycles. The van der Waals surface area contributed by atoms with Gasteiger partial charge in [-0.25, -0.2) is 0 Å². The fourth-order valence-corrected chi connectivity index (χ4v) is 5.43. The van der Waals surface area contributed by atoms with Gasteiger partial charge in [0.2, 0.25) is 5.91 Å². The molecule has 0 aliphatic rings. The van der Waals surface area contributed by atoms with Gasteiger partial charge in [-0.3, -0.25) is 9.35 Å². The Labute approximate surface area is 264 Å². The largest absolute Gasteiger partial charge is 0.387 e. The fraction of sp³-hybridized carbons (Fsp3) is 0.694. The topological polar surface area (TPSA) is 104 Å². The van der Waals surface area contributed by atoms with Gasteiger partial charge in [0.1, 0.15) is 0 Å². The molecule has 0 radical (unpaired) electrons. The number of carbonyl (C=O) groups is 1. The predicted octanol–water partition coefficient (Wildman–Crippen LogP) is 9.34. The van der Waals surface area contributed by atoms with E-state index in [1.807, 2.05) is 13.0 Å². The maximum absolute atomic E-state index is 12.4. The maximum Gasteiger partial charge on any atom is 0.267 e. The zero-order valence-corrected chi connectivity index (χ0v) is 28.1. The Morgan fingerprint density at radius 3 is 1.72 bits per heavy atom. The molecule has 3 N–H and O–H groups in total. The fourth-order valence-electron chi connectivity index (χ4n) is 4.69. The van der Waals surface area contributed by atoms with Crippen LogP contribution in [0.1, 0.15) is 142 Å². The van der Waals surface area contributed by atoms with Gasteiger partial charge in [0, 0.05) is 6.42 Å². The van der Waals surface area contributed by atoms with Crippen LogP contribution in [0.3, 0.4) is 0 Å². The molecule has 0 aromatic rings. The average molecular weight is 622 g/mol. The number of unbranched alkanes of at least 4 members (excludes halogenated alkanes) is 14. The van der Waals surface area contributed by atoms with E-state index in [2.05, 4.69) is 54.8 Å². The number of amides is 1. The van der Waals surface area contributed by atoms with E-state index in [1.165, 1.54) is 70.3 Å². The second-order valence-corrected chi connectivity index (χ2v) is 12.9. The summed E-state index contributed by atoms with van der Waals surface area (Å²) in [7, 11) is -4.35. The minimum atomic E-state index is -4.35. The smallest absolute Gasteiger partial charge is 0.267 e. The van der Waals surface area contributed by atoms with E-state index in [0.717, 1.165) is 51.4 Å². The predicted molar refractivity (Wildman–Crippen MR) is 184 cm³/mol. The average Bonchev–Trinajstić information content (AvgIpc) is 2.96. The number of aliphatic hydroxyl groups excluding tert-OH is 1. The van der Waals surface area contributed by atoms with E-state index < -0.39 is 28.0 Å². The summed E-state index contributed by atoms with van der Waals surface area (Å²) < 4.78 is 32.2. The van der Waals surface area contributed by atoms with Crippen LogP contribution < -0.4 is 5.32 Å². The summed E-state index contributed by atoms with van der Waals surface area (Å²) in [5.41, 5.74) is 0. The lowest BCUT2D eigenvalue weighted by atomic mass is 10.1. The molecule has 0 spiro atoms. The lowest BCUT2D eigenvalue weighted by Crippen LogP contribution is -2.46. The summed E-state index contributed by atoms with van der Waals surface area (Å²) in [6, 6.07) is -1.08. The molecule has 0 bridgehead atoms.